The highest BCUT2D eigenvalue weighted by molar-refractivity contribution is 7.20. The number of hydrogen-bond donors (Lipinski definition) is 1. The predicted octanol–water partition coefficient (Wildman–Crippen LogP) is 2.88. The van der Waals surface area contributed by atoms with Gasteiger partial charge in [0.05, 0.1) is 11.0 Å². The van der Waals surface area contributed by atoms with Crippen LogP contribution in [-0.2, 0) is 0 Å². The molecule has 0 spiro atoms. The highest BCUT2D eigenvalue weighted by Crippen LogP contribution is 2.39. The maximum absolute atomic E-state index is 13.2. The highest BCUT2D eigenvalue weighted by Gasteiger charge is 2.43. The summed E-state index contributed by atoms with van der Waals surface area (Å²) in [6, 6.07) is 6.44. The Bertz CT molecular complexity index is 713. The van der Waals surface area contributed by atoms with Gasteiger partial charge in [-0.1, -0.05) is 6.07 Å². The molecule has 1 amide bonds. The predicted molar refractivity (Wildman–Crippen MR) is 79.9 cm³/mol. The second kappa shape index (κ2) is 4.78. The van der Waals surface area contributed by atoms with E-state index in [9.17, 15) is 14.3 Å². The van der Waals surface area contributed by atoms with Crippen molar-refractivity contribution in [2.45, 2.75) is 18.9 Å². The fourth-order valence-corrected chi connectivity index (χ4v) is 4.72. The number of rotatable bonds is 1. The summed E-state index contributed by atoms with van der Waals surface area (Å²) < 4.78 is 14.0. The lowest BCUT2D eigenvalue weighted by molar-refractivity contribution is 0.0757. The number of amides is 1. The number of likely N-dealkylation sites (tertiary alicyclic amines) is 1. The van der Waals surface area contributed by atoms with E-state index in [1.54, 1.807) is 6.07 Å². The standard InChI is InChI=1S/C16H16FNO2S/c17-11-3-1-9-5-15(21-14(9)6-11)16(20)18-7-10-2-4-13(19)12(10)8-18/h1,3,5-6,10,12-13,19H,2,4,7-8H2. The van der Waals surface area contributed by atoms with Crippen LogP contribution in [0.4, 0.5) is 4.39 Å². The lowest BCUT2D eigenvalue weighted by Gasteiger charge is -2.17. The molecule has 1 aromatic carbocycles. The number of halogens is 1. The normalized spacial score (nSPS) is 28.3. The van der Waals surface area contributed by atoms with Gasteiger partial charge in [-0.15, -0.1) is 11.3 Å². The smallest absolute Gasteiger partial charge is 0.263 e. The van der Waals surface area contributed by atoms with E-state index < -0.39 is 0 Å². The van der Waals surface area contributed by atoms with Crippen LogP contribution in [0.1, 0.15) is 22.5 Å². The van der Waals surface area contributed by atoms with E-state index in [-0.39, 0.29) is 23.7 Å². The van der Waals surface area contributed by atoms with Crippen molar-refractivity contribution in [1.82, 2.24) is 4.90 Å². The van der Waals surface area contributed by atoms with Crippen molar-refractivity contribution in [3.8, 4) is 0 Å². The minimum Gasteiger partial charge on any atom is -0.393 e. The summed E-state index contributed by atoms with van der Waals surface area (Å²) in [5, 5.41) is 10.8. The molecule has 3 unspecified atom stereocenters. The van der Waals surface area contributed by atoms with E-state index in [0.717, 1.165) is 29.5 Å². The van der Waals surface area contributed by atoms with Crippen molar-refractivity contribution in [1.29, 1.82) is 0 Å². The Kier molecular flexibility index (Phi) is 3.01. The van der Waals surface area contributed by atoms with E-state index in [1.807, 2.05) is 11.0 Å². The number of carbonyl (C=O) groups excluding carboxylic acids is 1. The SMILES string of the molecule is O=C(c1cc2ccc(F)cc2s1)N1CC2CCC(O)C2C1. The molecule has 2 heterocycles. The number of carbonyl (C=O) groups is 1. The largest absolute Gasteiger partial charge is 0.393 e. The van der Waals surface area contributed by atoms with Crippen molar-refractivity contribution in [3.05, 3.63) is 35.0 Å². The number of aliphatic hydroxyl groups excluding tert-OH is 1. The molecule has 5 heteroatoms. The molecule has 2 aromatic rings. The van der Waals surface area contributed by atoms with Crippen LogP contribution in [0.5, 0.6) is 0 Å². The Hall–Kier alpha value is -1.46. The third-order valence-electron chi connectivity index (χ3n) is 4.80. The zero-order valence-electron chi connectivity index (χ0n) is 11.5. The second-order valence-electron chi connectivity index (χ2n) is 6.07. The van der Waals surface area contributed by atoms with Crippen LogP contribution in [0, 0.1) is 17.7 Å². The number of fused-ring (bicyclic) bond motifs is 2. The molecule has 1 aromatic heterocycles. The molecule has 0 bridgehead atoms. The van der Waals surface area contributed by atoms with Crippen LogP contribution in [0.15, 0.2) is 24.3 Å². The minimum atomic E-state index is -0.276. The second-order valence-corrected chi connectivity index (χ2v) is 7.16. The third kappa shape index (κ3) is 2.15. The molecule has 1 N–H and O–H groups in total. The van der Waals surface area contributed by atoms with Gasteiger partial charge in [0.2, 0.25) is 0 Å². The Labute approximate surface area is 126 Å². The first-order valence-electron chi connectivity index (χ1n) is 7.28. The van der Waals surface area contributed by atoms with Crippen molar-refractivity contribution in [3.63, 3.8) is 0 Å². The minimum absolute atomic E-state index is 0.0122. The van der Waals surface area contributed by atoms with Crippen LogP contribution in [-0.4, -0.2) is 35.1 Å². The first-order valence-corrected chi connectivity index (χ1v) is 8.10. The molecular formula is C16H16FNO2S. The molecule has 3 atom stereocenters. The third-order valence-corrected chi connectivity index (χ3v) is 5.89. The number of nitrogens with zero attached hydrogens (tertiary/aromatic N) is 1. The molecule has 1 saturated carbocycles. The van der Waals surface area contributed by atoms with Crippen LogP contribution >= 0.6 is 11.3 Å². The van der Waals surface area contributed by atoms with Crippen molar-refractivity contribution in [2.24, 2.45) is 11.8 Å². The molecule has 110 valence electrons. The molecule has 21 heavy (non-hydrogen) atoms. The first kappa shape index (κ1) is 13.2. The molecule has 1 aliphatic carbocycles. The maximum Gasteiger partial charge on any atom is 0.263 e. The summed E-state index contributed by atoms with van der Waals surface area (Å²) in [6.07, 6.45) is 1.61. The Balaban J connectivity index is 1.59. The average Bonchev–Trinajstić information content (AvgIpc) is 3.13. The van der Waals surface area contributed by atoms with Gasteiger partial charge in [-0.05, 0) is 42.3 Å². The Morgan fingerprint density at radius 2 is 2.14 bits per heavy atom. The van der Waals surface area contributed by atoms with Crippen LogP contribution < -0.4 is 0 Å². The van der Waals surface area contributed by atoms with E-state index in [4.69, 9.17) is 0 Å². The topological polar surface area (TPSA) is 40.5 Å². The quantitative estimate of drug-likeness (QED) is 0.880. The summed E-state index contributed by atoms with van der Waals surface area (Å²) >= 11 is 1.34. The monoisotopic (exact) mass is 305 g/mol. The fraction of sp³-hybridized carbons (Fsp3) is 0.438. The molecule has 4 rings (SSSR count). The van der Waals surface area contributed by atoms with Gasteiger partial charge in [-0.2, -0.15) is 0 Å². The zero-order chi connectivity index (χ0) is 14.6. The van der Waals surface area contributed by atoms with Gasteiger partial charge in [0, 0.05) is 23.7 Å². The van der Waals surface area contributed by atoms with Gasteiger partial charge in [-0.3, -0.25) is 4.79 Å². The first-order chi connectivity index (χ1) is 10.1. The van der Waals surface area contributed by atoms with Gasteiger partial charge in [0.25, 0.3) is 5.91 Å². The van der Waals surface area contributed by atoms with E-state index in [1.165, 1.54) is 23.5 Å². The average molecular weight is 305 g/mol. The number of thiophene rings is 1. The number of hydrogen-bond acceptors (Lipinski definition) is 3. The molecule has 0 radical (unpaired) electrons. The summed E-state index contributed by atoms with van der Waals surface area (Å²) in [4.78, 5) is 15.1. The lowest BCUT2D eigenvalue weighted by Crippen LogP contribution is -2.30. The summed E-state index contributed by atoms with van der Waals surface area (Å²) in [7, 11) is 0. The molecule has 3 nitrogen and oxygen atoms in total. The molecule has 1 aliphatic heterocycles. The summed E-state index contributed by atoms with van der Waals surface area (Å²) in [5.74, 6) is 0.414. The van der Waals surface area contributed by atoms with E-state index in [2.05, 4.69) is 0 Å². The fourth-order valence-electron chi connectivity index (χ4n) is 3.67. The maximum atomic E-state index is 13.2. The van der Waals surface area contributed by atoms with Crippen LogP contribution in [0.25, 0.3) is 10.1 Å². The van der Waals surface area contributed by atoms with Gasteiger partial charge in [-0.25, -0.2) is 4.39 Å². The van der Waals surface area contributed by atoms with Crippen molar-refractivity contribution >= 4 is 27.3 Å². The van der Waals surface area contributed by atoms with E-state index >= 15 is 0 Å². The van der Waals surface area contributed by atoms with E-state index in [0.29, 0.717) is 17.3 Å². The Morgan fingerprint density at radius 3 is 2.95 bits per heavy atom. The van der Waals surface area contributed by atoms with Gasteiger partial charge in [0.1, 0.15) is 5.82 Å². The highest BCUT2D eigenvalue weighted by atomic mass is 32.1. The molecule has 1 saturated heterocycles. The number of benzene rings is 1. The summed E-state index contributed by atoms with van der Waals surface area (Å²) in [6.45, 7) is 1.39. The van der Waals surface area contributed by atoms with Gasteiger partial charge in [0.15, 0.2) is 0 Å². The molecule has 2 aliphatic rings. The van der Waals surface area contributed by atoms with Gasteiger partial charge < -0.3 is 10.0 Å². The van der Waals surface area contributed by atoms with Crippen LogP contribution in [0.3, 0.4) is 0 Å². The molecular weight excluding hydrogens is 289 g/mol. The van der Waals surface area contributed by atoms with Crippen molar-refractivity contribution in [2.75, 3.05) is 13.1 Å². The molecule has 2 fully saturated rings. The van der Waals surface area contributed by atoms with Crippen molar-refractivity contribution < 1.29 is 14.3 Å². The van der Waals surface area contributed by atoms with Crippen LogP contribution in [0.2, 0.25) is 0 Å². The number of aliphatic hydroxyl groups is 1. The zero-order valence-corrected chi connectivity index (χ0v) is 12.3. The lowest BCUT2D eigenvalue weighted by atomic mass is 10.00. The van der Waals surface area contributed by atoms with Gasteiger partial charge >= 0.3 is 0 Å². The Morgan fingerprint density at radius 1 is 1.29 bits per heavy atom. The summed E-state index contributed by atoms with van der Waals surface area (Å²) in [5.41, 5.74) is 0.